The maximum atomic E-state index is 13.1. The first kappa shape index (κ1) is 24.0. The number of hydrogen-bond acceptors (Lipinski definition) is 5. The van der Waals surface area contributed by atoms with Gasteiger partial charge in [-0.15, -0.1) is 0 Å². The fraction of sp³-hybridized carbons (Fsp3) is 0.500. The maximum absolute atomic E-state index is 13.1. The zero-order valence-corrected chi connectivity index (χ0v) is 20.3. The predicted molar refractivity (Wildman–Crippen MR) is 130 cm³/mol. The van der Waals surface area contributed by atoms with Crippen LogP contribution in [0.2, 0.25) is 0 Å². The minimum absolute atomic E-state index is 0.0712. The highest BCUT2D eigenvalue weighted by Gasteiger charge is 2.28. The van der Waals surface area contributed by atoms with Crippen LogP contribution in [0.1, 0.15) is 46.7 Å². The van der Waals surface area contributed by atoms with E-state index in [1.165, 1.54) is 12.7 Å². The van der Waals surface area contributed by atoms with Crippen LogP contribution in [0.4, 0.5) is 5.69 Å². The minimum Gasteiger partial charge on any atom is -0.459 e. The molecule has 2 aliphatic heterocycles. The Morgan fingerprint density at radius 2 is 1.71 bits per heavy atom. The van der Waals surface area contributed by atoms with Crippen LogP contribution in [0.25, 0.3) is 0 Å². The summed E-state index contributed by atoms with van der Waals surface area (Å²) in [5, 5.41) is 2.82. The summed E-state index contributed by atoms with van der Waals surface area (Å²) in [6.45, 7) is 10.9. The number of carbonyl (C=O) groups is 3. The van der Waals surface area contributed by atoms with Crippen molar-refractivity contribution in [3.05, 3.63) is 53.5 Å². The molecule has 0 saturated carbocycles. The van der Waals surface area contributed by atoms with Gasteiger partial charge in [0.1, 0.15) is 0 Å². The molecule has 4 rings (SSSR count). The second-order valence-electron chi connectivity index (χ2n) is 9.77. The second kappa shape index (κ2) is 10.4. The van der Waals surface area contributed by atoms with Gasteiger partial charge in [-0.25, -0.2) is 0 Å². The zero-order valence-electron chi connectivity index (χ0n) is 20.3. The Hall–Kier alpha value is -3.13. The minimum atomic E-state index is -0.353. The summed E-state index contributed by atoms with van der Waals surface area (Å²) in [4.78, 5) is 44.2. The Balaban J connectivity index is 1.32. The third-order valence-corrected chi connectivity index (χ3v) is 6.72. The monoisotopic (exact) mass is 466 g/mol. The number of rotatable bonds is 5. The van der Waals surface area contributed by atoms with Gasteiger partial charge < -0.3 is 19.5 Å². The molecule has 0 radical (unpaired) electrons. The van der Waals surface area contributed by atoms with Crippen LogP contribution in [0.15, 0.2) is 41.0 Å². The number of amides is 3. The van der Waals surface area contributed by atoms with Crippen molar-refractivity contribution in [3.63, 3.8) is 0 Å². The van der Waals surface area contributed by atoms with Crippen LogP contribution in [0.5, 0.6) is 0 Å². The van der Waals surface area contributed by atoms with Gasteiger partial charge in [-0.3, -0.25) is 19.3 Å². The molecule has 2 atom stereocenters. The number of nitrogens with zero attached hydrogens (tertiary/aromatic N) is 3. The molecule has 8 nitrogen and oxygen atoms in total. The first-order valence-corrected chi connectivity index (χ1v) is 12.0. The Kier molecular flexibility index (Phi) is 7.36. The highest BCUT2D eigenvalue weighted by atomic mass is 16.3. The lowest BCUT2D eigenvalue weighted by atomic mass is 9.92. The first-order chi connectivity index (χ1) is 16.3. The van der Waals surface area contributed by atoms with E-state index in [1.807, 2.05) is 22.8 Å². The van der Waals surface area contributed by atoms with Crippen LogP contribution in [0.3, 0.4) is 0 Å². The second-order valence-corrected chi connectivity index (χ2v) is 9.77. The first-order valence-electron chi connectivity index (χ1n) is 12.0. The van der Waals surface area contributed by atoms with Gasteiger partial charge >= 0.3 is 0 Å². The van der Waals surface area contributed by atoms with Crippen LogP contribution in [0, 0.1) is 18.8 Å². The number of carbonyl (C=O) groups excluding carboxylic acids is 3. The van der Waals surface area contributed by atoms with Crippen LogP contribution in [-0.4, -0.2) is 78.2 Å². The van der Waals surface area contributed by atoms with Gasteiger partial charge in [0.15, 0.2) is 5.76 Å². The lowest BCUT2D eigenvalue weighted by molar-refractivity contribution is -0.135. The smallest absolute Gasteiger partial charge is 0.291 e. The molecule has 2 fully saturated rings. The molecular formula is C26H34N4O4. The molecule has 0 spiro atoms. The maximum Gasteiger partial charge on any atom is 0.291 e. The average molecular weight is 467 g/mol. The molecular weight excluding hydrogens is 432 g/mol. The number of likely N-dealkylation sites (tertiary alicyclic amines) is 1. The zero-order chi connectivity index (χ0) is 24.2. The molecule has 2 aliphatic rings. The predicted octanol–water partition coefficient (Wildman–Crippen LogP) is 3.10. The number of piperazine rings is 1. The normalized spacial score (nSPS) is 21.4. The summed E-state index contributed by atoms with van der Waals surface area (Å²) >= 11 is 0. The number of piperidine rings is 1. The van der Waals surface area contributed by atoms with Crippen molar-refractivity contribution in [1.29, 1.82) is 0 Å². The van der Waals surface area contributed by atoms with E-state index in [-0.39, 0.29) is 23.5 Å². The van der Waals surface area contributed by atoms with Gasteiger partial charge in [0.25, 0.3) is 11.8 Å². The van der Waals surface area contributed by atoms with E-state index in [0.717, 1.165) is 18.7 Å². The van der Waals surface area contributed by atoms with Gasteiger partial charge in [-0.05, 0) is 55.0 Å². The van der Waals surface area contributed by atoms with Crippen molar-refractivity contribution in [3.8, 4) is 0 Å². The van der Waals surface area contributed by atoms with Crippen molar-refractivity contribution in [2.45, 2.75) is 27.2 Å². The Bertz CT molecular complexity index is 1020. The van der Waals surface area contributed by atoms with Gasteiger partial charge in [-0.2, -0.15) is 0 Å². The molecule has 8 heteroatoms. The SMILES string of the molecule is Cc1ccc(C(=O)N2CCN(CC(=O)N3C[C@H](C)C[C@@H](C)C3)CC2)cc1NC(=O)c1ccco1. The van der Waals surface area contributed by atoms with Gasteiger partial charge in [0, 0.05) is 50.5 Å². The van der Waals surface area contributed by atoms with E-state index in [0.29, 0.717) is 55.8 Å². The molecule has 1 aromatic carbocycles. The molecule has 1 N–H and O–H groups in total. The standard InChI is InChI=1S/C26H34N4O4/c1-18-13-19(2)16-30(15-18)24(31)17-28-8-10-29(11-9-28)26(33)21-7-6-20(3)22(14-21)27-25(32)23-5-4-12-34-23/h4-7,12,14,18-19H,8-11,13,15-17H2,1-3H3,(H,27,32)/t18-,19-/m1/s1. The average Bonchev–Trinajstić information content (AvgIpc) is 3.35. The molecule has 0 aliphatic carbocycles. The highest BCUT2D eigenvalue weighted by Crippen LogP contribution is 2.22. The van der Waals surface area contributed by atoms with E-state index < -0.39 is 0 Å². The Morgan fingerprint density at radius 3 is 2.35 bits per heavy atom. The molecule has 2 saturated heterocycles. The molecule has 1 aromatic heterocycles. The molecule has 0 bridgehead atoms. The molecule has 182 valence electrons. The molecule has 34 heavy (non-hydrogen) atoms. The summed E-state index contributed by atoms with van der Waals surface area (Å²) < 4.78 is 5.15. The fourth-order valence-electron chi connectivity index (χ4n) is 4.93. The summed E-state index contributed by atoms with van der Waals surface area (Å²) in [6, 6.07) is 8.58. The highest BCUT2D eigenvalue weighted by molar-refractivity contribution is 6.04. The molecule has 0 unspecified atom stereocenters. The van der Waals surface area contributed by atoms with Gasteiger partial charge in [0.2, 0.25) is 5.91 Å². The number of benzene rings is 1. The van der Waals surface area contributed by atoms with Crippen LogP contribution >= 0.6 is 0 Å². The van der Waals surface area contributed by atoms with Crippen LogP contribution in [-0.2, 0) is 4.79 Å². The van der Waals surface area contributed by atoms with Gasteiger partial charge in [-0.1, -0.05) is 19.9 Å². The van der Waals surface area contributed by atoms with Crippen molar-refractivity contribution in [2.24, 2.45) is 11.8 Å². The topological polar surface area (TPSA) is 86.1 Å². The van der Waals surface area contributed by atoms with Crippen molar-refractivity contribution in [2.75, 3.05) is 51.1 Å². The van der Waals surface area contributed by atoms with E-state index >= 15 is 0 Å². The Morgan fingerprint density at radius 1 is 1.00 bits per heavy atom. The summed E-state index contributed by atoms with van der Waals surface area (Å²) in [5.74, 6) is 1.08. The summed E-state index contributed by atoms with van der Waals surface area (Å²) in [6.07, 6.45) is 2.63. The lowest BCUT2D eigenvalue weighted by Gasteiger charge is -2.38. The molecule has 3 amide bonds. The molecule has 3 heterocycles. The van der Waals surface area contributed by atoms with E-state index in [2.05, 4.69) is 24.1 Å². The largest absolute Gasteiger partial charge is 0.459 e. The van der Waals surface area contributed by atoms with E-state index in [9.17, 15) is 14.4 Å². The third kappa shape index (κ3) is 5.67. The number of anilines is 1. The number of furan rings is 1. The lowest BCUT2D eigenvalue weighted by Crippen LogP contribution is -2.53. The quantitative estimate of drug-likeness (QED) is 0.732. The number of hydrogen-bond donors (Lipinski definition) is 1. The van der Waals surface area contributed by atoms with Crippen molar-refractivity contribution in [1.82, 2.24) is 14.7 Å². The third-order valence-electron chi connectivity index (χ3n) is 6.72. The van der Waals surface area contributed by atoms with Crippen LogP contribution < -0.4 is 5.32 Å². The van der Waals surface area contributed by atoms with Gasteiger partial charge in [0.05, 0.1) is 12.8 Å². The van der Waals surface area contributed by atoms with E-state index in [4.69, 9.17) is 4.42 Å². The molecule has 2 aromatic rings. The van der Waals surface area contributed by atoms with Crippen molar-refractivity contribution >= 4 is 23.4 Å². The summed E-state index contributed by atoms with van der Waals surface area (Å²) in [7, 11) is 0. The number of nitrogens with one attached hydrogen (secondary N) is 1. The number of aryl methyl sites for hydroxylation is 1. The Labute approximate surface area is 200 Å². The van der Waals surface area contributed by atoms with Crippen molar-refractivity contribution < 1.29 is 18.8 Å². The van der Waals surface area contributed by atoms with E-state index in [1.54, 1.807) is 24.3 Å². The summed E-state index contributed by atoms with van der Waals surface area (Å²) in [5.41, 5.74) is 1.98. The fourth-order valence-corrected chi connectivity index (χ4v) is 4.93.